The Labute approximate surface area is 139 Å². The molecule has 1 unspecified atom stereocenters. The van der Waals surface area contributed by atoms with E-state index in [9.17, 15) is 14.7 Å². The van der Waals surface area contributed by atoms with Gasteiger partial charge in [-0.15, -0.1) is 0 Å². The summed E-state index contributed by atoms with van der Waals surface area (Å²) in [5.41, 5.74) is 1.62. The summed E-state index contributed by atoms with van der Waals surface area (Å²) in [5, 5.41) is 15.8. The van der Waals surface area contributed by atoms with Crippen LogP contribution in [0.5, 0.6) is 0 Å². The number of aliphatic hydroxyl groups excluding tert-OH is 1. The maximum absolute atomic E-state index is 12.1. The van der Waals surface area contributed by atoms with Crippen molar-refractivity contribution in [2.45, 2.75) is 13.0 Å². The lowest BCUT2D eigenvalue weighted by Crippen LogP contribution is -2.28. The summed E-state index contributed by atoms with van der Waals surface area (Å²) in [5.74, 6) is -0.490. The summed E-state index contributed by atoms with van der Waals surface area (Å²) in [6, 6.07) is 13.4. The van der Waals surface area contributed by atoms with Gasteiger partial charge in [-0.3, -0.25) is 9.59 Å². The Hall–Kier alpha value is -2.37. The topological polar surface area (TPSA) is 78.4 Å². The van der Waals surface area contributed by atoms with E-state index in [2.05, 4.69) is 10.6 Å². The number of nitrogens with one attached hydrogen (secondary N) is 2. The molecule has 0 aliphatic heterocycles. The second-order valence-corrected chi connectivity index (χ2v) is 5.41. The predicted octanol–water partition coefficient (Wildman–Crippen LogP) is 2.76. The number of benzene rings is 2. The first-order chi connectivity index (χ1) is 11.0. The Morgan fingerprint density at radius 3 is 2.39 bits per heavy atom. The second-order valence-electron chi connectivity index (χ2n) is 5.01. The van der Waals surface area contributed by atoms with E-state index in [1.165, 1.54) is 6.92 Å². The van der Waals surface area contributed by atoms with Crippen molar-refractivity contribution >= 4 is 29.1 Å². The number of aliphatic hydroxyl groups is 1. The number of hydrogen-bond acceptors (Lipinski definition) is 3. The number of rotatable bonds is 5. The van der Waals surface area contributed by atoms with Crippen LogP contribution in [-0.2, 0) is 4.79 Å². The van der Waals surface area contributed by atoms with Crippen LogP contribution in [0.15, 0.2) is 48.5 Å². The third-order valence-corrected chi connectivity index (χ3v) is 3.53. The van der Waals surface area contributed by atoms with Crippen molar-refractivity contribution in [1.82, 2.24) is 5.32 Å². The molecule has 0 heterocycles. The SMILES string of the molecule is CC(=O)Nc1ccc(C(=O)NCC(O)c2ccccc2Cl)cc1. The zero-order valence-corrected chi connectivity index (χ0v) is 13.3. The van der Waals surface area contributed by atoms with Crippen LogP contribution in [0.2, 0.25) is 5.02 Å². The molecule has 2 amide bonds. The van der Waals surface area contributed by atoms with E-state index in [1.54, 1.807) is 48.5 Å². The molecular formula is C17H17ClN2O3. The molecule has 1 atom stereocenters. The molecule has 0 bridgehead atoms. The molecule has 0 radical (unpaired) electrons. The Morgan fingerprint density at radius 1 is 1.13 bits per heavy atom. The van der Waals surface area contributed by atoms with E-state index < -0.39 is 6.10 Å². The van der Waals surface area contributed by atoms with Gasteiger partial charge in [-0.25, -0.2) is 0 Å². The van der Waals surface area contributed by atoms with Crippen LogP contribution in [0.1, 0.15) is 28.9 Å². The Kier molecular flexibility index (Phi) is 5.73. The summed E-state index contributed by atoms with van der Waals surface area (Å²) in [7, 11) is 0. The Bertz CT molecular complexity index is 701. The van der Waals surface area contributed by atoms with Crippen LogP contribution >= 0.6 is 11.6 Å². The highest BCUT2D eigenvalue weighted by atomic mass is 35.5. The van der Waals surface area contributed by atoms with Gasteiger partial charge >= 0.3 is 0 Å². The van der Waals surface area contributed by atoms with Gasteiger partial charge in [-0.1, -0.05) is 29.8 Å². The van der Waals surface area contributed by atoms with E-state index in [4.69, 9.17) is 11.6 Å². The van der Waals surface area contributed by atoms with Gasteiger partial charge in [0.25, 0.3) is 5.91 Å². The van der Waals surface area contributed by atoms with Crippen LogP contribution in [-0.4, -0.2) is 23.5 Å². The molecule has 6 heteroatoms. The van der Waals surface area contributed by atoms with Crippen LogP contribution in [0, 0.1) is 0 Å². The fraction of sp³-hybridized carbons (Fsp3) is 0.176. The molecule has 0 aliphatic carbocycles. The average molecular weight is 333 g/mol. The molecule has 0 saturated carbocycles. The minimum Gasteiger partial charge on any atom is -0.387 e. The second kappa shape index (κ2) is 7.76. The van der Waals surface area contributed by atoms with Crippen LogP contribution in [0.4, 0.5) is 5.69 Å². The van der Waals surface area contributed by atoms with Crippen molar-refractivity contribution in [3.05, 3.63) is 64.7 Å². The minimum absolute atomic E-state index is 0.0516. The van der Waals surface area contributed by atoms with Crippen molar-refractivity contribution < 1.29 is 14.7 Å². The van der Waals surface area contributed by atoms with Gasteiger partial charge < -0.3 is 15.7 Å². The summed E-state index contributed by atoms with van der Waals surface area (Å²) >= 11 is 6.00. The molecule has 2 rings (SSSR count). The molecule has 3 N–H and O–H groups in total. The molecule has 0 spiro atoms. The lowest BCUT2D eigenvalue weighted by Gasteiger charge is -2.13. The van der Waals surface area contributed by atoms with Gasteiger partial charge in [0.2, 0.25) is 5.91 Å². The monoisotopic (exact) mass is 332 g/mol. The minimum atomic E-state index is -0.883. The number of carbonyl (C=O) groups is 2. The quantitative estimate of drug-likeness (QED) is 0.787. The highest BCUT2D eigenvalue weighted by Crippen LogP contribution is 2.22. The maximum atomic E-state index is 12.1. The third-order valence-electron chi connectivity index (χ3n) is 3.19. The molecule has 2 aromatic rings. The van der Waals surface area contributed by atoms with E-state index >= 15 is 0 Å². The normalized spacial score (nSPS) is 11.6. The number of carbonyl (C=O) groups excluding carboxylic acids is 2. The standard InChI is InChI=1S/C17H17ClN2O3/c1-11(21)20-13-8-6-12(7-9-13)17(23)19-10-16(22)14-4-2-3-5-15(14)18/h2-9,16,22H,10H2,1H3,(H,19,23)(H,20,21). The summed E-state index contributed by atoms with van der Waals surface area (Å²) in [6.45, 7) is 1.47. The predicted molar refractivity (Wildman–Crippen MR) is 89.5 cm³/mol. The maximum Gasteiger partial charge on any atom is 0.251 e. The first kappa shape index (κ1) is 17.0. The molecule has 0 aromatic heterocycles. The number of halogens is 1. The third kappa shape index (κ3) is 4.81. The van der Waals surface area contributed by atoms with Gasteiger partial charge in [-0.2, -0.15) is 0 Å². The molecule has 120 valence electrons. The smallest absolute Gasteiger partial charge is 0.251 e. The van der Waals surface area contributed by atoms with Gasteiger partial charge in [-0.05, 0) is 30.3 Å². The molecule has 0 aliphatic rings. The average Bonchev–Trinajstić information content (AvgIpc) is 2.53. The fourth-order valence-electron chi connectivity index (χ4n) is 2.05. The first-order valence-electron chi connectivity index (χ1n) is 7.05. The molecule has 2 aromatic carbocycles. The molecular weight excluding hydrogens is 316 g/mol. The van der Waals surface area contributed by atoms with E-state index in [1.807, 2.05) is 0 Å². The Morgan fingerprint density at radius 2 is 1.78 bits per heavy atom. The number of hydrogen-bond donors (Lipinski definition) is 3. The summed E-state index contributed by atoms with van der Waals surface area (Å²) in [4.78, 5) is 23.0. The summed E-state index contributed by atoms with van der Waals surface area (Å²) in [6.07, 6.45) is -0.883. The fourth-order valence-corrected chi connectivity index (χ4v) is 2.32. The molecule has 23 heavy (non-hydrogen) atoms. The molecule has 5 nitrogen and oxygen atoms in total. The lowest BCUT2D eigenvalue weighted by molar-refractivity contribution is -0.114. The zero-order chi connectivity index (χ0) is 16.8. The molecule has 0 saturated heterocycles. The van der Waals surface area contributed by atoms with E-state index in [0.717, 1.165) is 0 Å². The van der Waals surface area contributed by atoms with E-state index in [-0.39, 0.29) is 18.4 Å². The summed E-state index contributed by atoms with van der Waals surface area (Å²) < 4.78 is 0. The number of amides is 2. The van der Waals surface area contributed by atoms with Crippen molar-refractivity contribution in [3.63, 3.8) is 0 Å². The van der Waals surface area contributed by atoms with Crippen molar-refractivity contribution in [3.8, 4) is 0 Å². The van der Waals surface area contributed by atoms with E-state index in [0.29, 0.717) is 21.8 Å². The largest absolute Gasteiger partial charge is 0.387 e. The first-order valence-corrected chi connectivity index (χ1v) is 7.43. The van der Waals surface area contributed by atoms with Gasteiger partial charge in [0.05, 0.1) is 6.10 Å². The molecule has 0 fully saturated rings. The van der Waals surface area contributed by atoms with Crippen LogP contribution in [0.25, 0.3) is 0 Å². The Balaban J connectivity index is 1.94. The van der Waals surface area contributed by atoms with Crippen LogP contribution < -0.4 is 10.6 Å². The van der Waals surface area contributed by atoms with Crippen molar-refractivity contribution in [2.24, 2.45) is 0 Å². The highest BCUT2D eigenvalue weighted by molar-refractivity contribution is 6.31. The zero-order valence-electron chi connectivity index (χ0n) is 12.5. The van der Waals surface area contributed by atoms with Crippen molar-refractivity contribution in [2.75, 3.05) is 11.9 Å². The van der Waals surface area contributed by atoms with Crippen molar-refractivity contribution in [1.29, 1.82) is 0 Å². The van der Waals surface area contributed by atoms with Gasteiger partial charge in [0.15, 0.2) is 0 Å². The van der Waals surface area contributed by atoms with Gasteiger partial charge in [0, 0.05) is 35.3 Å². The van der Waals surface area contributed by atoms with Crippen LogP contribution in [0.3, 0.4) is 0 Å². The lowest BCUT2D eigenvalue weighted by atomic mass is 10.1. The number of anilines is 1. The van der Waals surface area contributed by atoms with Gasteiger partial charge in [0.1, 0.15) is 0 Å². The highest BCUT2D eigenvalue weighted by Gasteiger charge is 2.13.